The summed E-state index contributed by atoms with van der Waals surface area (Å²) in [7, 11) is 3.94. The number of aryl methyl sites for hydroxylation is 3. The number of carboxylic acids is 1. The van der Waals surface area contributed by atoms with Crippen molar-refractivity contribution in [2.24, 2.45) is 5.92 Å². The first kappa shape index (κ1) is 36.3. The largest absolute Gasteiger partial charge is 0.481 e. The molecule has 0 spiro atoms. The normalized spacial score (nSPS) is 12.7. The molecule has 6 nitrogen and oxygen atoms in total. The average Bonchev–Trinajstić information content (AvgIpc) is 2.88. The summed E-state index contributed by atoms with van der Waals surface area (Å²) in [6.07, 6.45) is 2.15. The van der Waals surface area contributed by atoms with Crippen molar-refractivity contribution in [3.8, 4) is 11.1 Å². The van der Waals surface area contributed by atoms with E-state index in [4.69, 9.17) is 11.6 Å². The van der Waals surface area contributed by atoms with Gasteiger partial charge in [0, 0.05) is 31.1 Å². The van der Waals surface area contributed by atoms with E-state index < -0.39 is 30.2 Å². The molecule has 1 unspecified atom stereocenters. The van der Waals surface area contributed by atoms with Crippen LogP contribution in [-0.4, -0.2) is 47.0 Å². The number of benzene rings is 2. The maximum Gasteiger partial charge on any atom is 0.303 e. The maximum atomic E-state index is 15.6. The third-order valence-electron chi connectivity index (χ3n) is 7.76. The topological polar surface area (TPSA) is 79.6 Å². The number of hydrogen-bond acceptors (Lipinski definition) is 4. The number of Topliss-reactive ketones (excluding diaryl/α,β-unsaturated/α-hetero) is 1. The van der Waals surface area contributed by atoms with E-state index in [2.05, 4.69) is 0 Å². The zero-order valence-electron chi connectivity index (χ0n) is 26.1. The van der Waals surface area contributed by atoms with Crippen LogP contribution in [0.2, 0.25) is 5.02 Å². The molecular formula is C34H44ClFN2O4S. The number of pyridine rings is 1. The molecule has 43 heavy (non-hydrogen) atoms. The van der Waals surface area contributed by atoms with Crippen molar-refractivity contribution in [3.05, 3.63) is 91.6 Å². The first-order valence-corrected chi connectivity index (χ1v) is 14.7. The minimum absolute atomic E-state index is 0. The number of carboxylic acid groups (broad SMARTS) is 1. The van der Waals surface area contributed by atoms with Crippen molar-refractivity contribution < 1.29 is 19.1 Å². The number of halogens is 2. The van der Waals surface area contributed by atoms with Crippen LogP contribution in [0.4, 0.5) is 4.39 Å². The highest BCUT2D eigenvalue weighted by Crippen LogP contribution is 2.38. The monoisotopic (exact) mass is 630 g/mol. The van der Waals surface area contributed by atoms with Gasteiger partial charge in [-0.1, -0.05) is 43.6 Å². The zero-order valence-corrected chi connectivity index (χ0v) is 27.9. The summed E-state index contributed by atoms with van der Waals surface area (Å²) in [5, 5.41) is 9.65. The van der Waals surface area contributed by atoms with Crippen LogP contribution in [-0.2, 0) is 16.0 Å². The minimum Gasteiger partial charge on any atom is -0.481 e. The first-order valence-electron chi connectivity index (χ1n) is 14.4. The van der Waals surface area contributed by atoms with Crippen molar-refractivity contribution >= 4 is 36.8 Å². The number of carbonyl (C=O) groups excluding carboxylic acids is 1. The van der Waals surface area contributed by atoms with Gasteiger partial charge in [-0.25, -0.2) is 4.39 Å². The predicted octanol–water partition coefficient (Wildman–Crippen LogP) is 7.25. The molecule has 2 atom stereocenters. The molecule has 1 heterocycles. The van der Waals surface area contributed by atoms with E-state index in [1.165, 1.54) is 10.6 Å². The fraction of sp³-hybridized carbons (Fsp3) is 0.441. The molecule has 3 rings (SSSR count). The maximum absolute atomic E-state index is 15.6. The second-order valence-electron chi connectivity index (χ2n) is 12.0. The molecule has 234 valence electrons. The molecule has 0 aliphatic heterocycles. The van der Waals surface area contributed by atoms with Crippen molar-refractivity contribution in [3.63, 3.8) is 0 Å². The Hall–Kier alpha value is -2.94. The zero-order chi connectivity index (χ0) is 31.3. The van der Waals surface area contributed by atoms with E-state index in [0.717, 1.165) is 34.4 Å². The summed E-state index contributed by atoms with van der Waals surface area (Å²) in [6.45, 7) is 10.5. The van der Waals surface area contributed by atoms with Gasteiger partial charge in [0.15, 0.2) is 5.78 Å². The highest BCUT2D eigenvalue weighted by Gasteiger charge is 2.30. The summed E-state index contributed by atoms with van der Waals surface area (Å²) < 4.78 is 17.1. The molecule has 0 fully saturated rings. The molecule has 0 radical (unpaired) electrons. The van der Waals surface area contributed by atoms with Gasteiger partial charge in [-0.15, -0.1) is 0 Å². The van der Waals surface area contributed by atoms with E-state index in [9.17, 15) is 19.5 Å². The van der Waals surface area contributed by atoms with Crippen LogP contribution in [0, 0.1) is 32.5 Å². The quantitative estimate of drug-likeness (QED) is 0.215. The second kappa shape index (κ2) is 15.7. The Morgan fingerprint density at radius 2 is 1.65 bits per heavy atom. The number of hydrogen-bond donors (Lipinski definition) is 1. The molecule has 3 aromatic rings. The van der Waals surface area contributed by atoms with Crippen molar-refractivity contribution in [2.45, 2.75) is 72.3 Å². The van der Waals surface area contributed by atoms with Crippen molar-refractivity contribution in [2.75, 3.05) is 20.6 Å². The van der Waals surface area contributed by atoms with Crippen molar-refractivity contribution in [1.29, 1.82) is 0 Å². The lowest BCUT2D eigenvalue weighted by Crippen LogP contribution is -2.32. The lowest BCUT2D eigenvalue weighted by Gasteiger charge is -2.25. The number of rotatable bonds is 13. The Labute approximate surface area is 266 Å². The number of carbonyl (C=O) groups is 2. The average molecular weight is 631 g/mol. The van der Waals surface area contributed by atoms with Gasteiger partial charge < -0.3 is 14.6 Å². The third-order valence-corrected chi connectivity index (χ3v) is 8.04. The third kappa shape index (κ3) is 9.27. The number of likely N-dealkylation sites (N-methyl/N-ethyl adjacent to an activating group) is 1. The number of aliphatic carboxylic acids is 1. The molecule has 0 saturated heterocycles. The van der Waals surface area contributed by atoms with Gasteiger partial charge in [-0.05, 0) is 105 Å². The highest BCUT2D eigenvalue weighted by atomic mass is 35.5. The van der Waals surface area contributed by atoms with Crippen LogP contribution in [0.3, 0.4) is 0 Å². The van der Waals surface area contributed by atoms with Crippen LogP contribution >= 0.6 is 25.1 Å². The fourth-order valence-corrected chi connectivity index (χ4v) is 5.81. The smallest absolute Gasteiger partial charge is 0.303 e. The minimum atomic E-state index is -1.15. The summed E-state index contributed by atoms with van der Waals surface area (Å²) in [6, 6.07) is 9.71. The Balaban J connectivity index is 0.00000645. The Bertz CT molecular complexity index is 1500. The lowest BCUT2D eigenvalue weighted by molar-refractivity contribution is -0.137. The fourth-order valence-electron chi connectivity index (χ4n) is 5.59. The second-order valence-corrected chi connectivity index (χ2v) is 12.4. The summed E-state index contributed by atoms with van der Waals surface area (Å²) in [4.78, 5) is 41.2. The van der Waals surface area contributed by atoms with E-state index in [1.54, 1.807) is 18.3 Å². The first-order chi connectivity index (χ1) is 19.7. The molecule has 2 aromatic carbocycles. The Morgan fingerprint density at radius 3 is 2.21 bits per heavy atom. The van der Waals surface area contributed by atoms with Crippen LogP contribution in [0.15, 0.2) is 47.4 Å². The Morgan fingerprint density at radius 1 is 1.02 bits per heavy atom. The van der Waals surface area contributed by atoms with Crippen LogP contribution in [0.1, 0.15) is 72.9 Å². The number of nitrogens with zero attached hydrogens (tertiary/aromatic N) is 2. The molecule has 0 saturated carbocycles. The molecule has 1 aromatic heterocycles. The van der Waals surface area contributed by atoms with E-state index in [0.29, 0.717) is 18.4 Å². The van der Waals surface area contributed by atoms with Gasteiger partial charge in [-0.3, -0.25) is 14.4 Å². The molecule has 9 heteroatoms. The standard InChI is InChI=1S/C34H42ClFN2O4.H2S/c1-20(2)13-29(38-19-24(11-12-37(6)7)23(5)14-31(38)40)30(39)17-25(18-32(41)42)27-15-26(16-28(35)34(27)36)33-21(3)9-8-10-22(33)4;/h8-10,14-16,19-20,25,29H,11-13,17-18H2,1-7H3,(H,41,42);1H2/t25-,29?;/m0./s1. The van der Waals surface area contributed by atoms with Crippen LogP contribution in [0.25, 0.3) is 11.1 Å². The van der Waals surface area contributed by atoms with E-state index in [1.807, 2.05) is 71.8 Å². The molecular weight excluding hydrogens is 587 g/mol. The molecule has 0 aliphatic carbocycles. The van der Waals surface area contributed by atoms with Crippen LogP contribution < -0.4 is 5.56 Å². The molecule has 0 amide bonds. The van der Waals surface area contributed by atoms with Gasteiger partial charge in [0.05, 0.1) is 17.5 Å². The lowest BCUT2D eigenvalue weighted by atomic mass is 9.84. The van der Waals surface area contributed by atoms with Gasteiger partial charge in [0.25, 0.3) is 5.56 Å². The summed E-state index contributed by atoms with van der Waals surface area (Å²) in [5.74, 6) is -3.09. The molecule has 1 N–H and O–H groups in total. The Kier molecular flexibility index (Phi) is 13.2. The SMILES string of the molecule is Cc1cc(=O)n(C(CC(C)C)C(=O)C[C@@H](CC(=O)O)c2cc(-c3c(C)cccc3C)cc(Cl)c2F)cc1CCN(C)C.S. The van der Waals surface area contributed by atoms with Gasteiger partial charge in [0.1, 0.15) is 5.82 Å². The van der Waals surface area contributed by atoms with Gasteiger partial charge >= 0.3 is 5.97 Å². The van der Waals surface area contributed by atoms with Gasteiger partial charge in [0.2, 0.25) is 0 Å². The van der Waals surface area contributed by atoms with Crippen LogP contribution in [0.5, 0.6) is 0 Å². The molecule has 0 aliphatic rings. The summed E-state index contributed by atoms with van der Waals surface area (Å²) in [5.41, 5.74) is 5.10. The van der Waals surface area contributed by atoms with E-state index in [-0.39, 0.29) is 47.8 Å². The molecule has 0 bridgehead atoms. The predicted molar refractivity (Wildman–Crippen MR) is 178 cm³/mol. The summed E-state index contributed by atoms with van der Waals surface area (Å²) >= 11 is 6.37. The number of aromatic nitrogens is 1. The highest BCUT2D eigenvalue weighted by molar-refractivity contribution is 7.59. The van der Waals surface area contributed by atoms with E-state index >= 15 is 4.39 Å². The van der Waals surface area contributed by atoms with Gasteiger partial charge in [-0.2, -0.15) is 13.5 Å². The van der Waals surface area contributed by atoms with Crippen molar-refractivity contribution in [1.82, 2.24) is 9.47 Å². The number of ketones is 1.